The highest BCUT2D eigenvalue weighted by molar-refractivity contribution is 6.58. The van der Waals surface area contributed by atoms with Gasteiger partial charge in [-0.2, -0.15) is 0 Å². The molecule has 1 heterocycles. The van der Waals surface area contributed by atoms with Gasteiger partial charge >= 0.3 is 0 Å². The summed E-state index contributed by atoms with van der Waals surface area (Å²) in [5, 5.41) is 0. The van der Waals surface area contributed by atoms with Crippen molar-refractivity contribution in [3.05, 3.63) is 0 Å². The third kappa shape index (κ3) is 2.52. The molecule has 0 nitrogen and oxygen atoms in total. The molecule has 1 aliphatic heterocycles. The molecule has 0 aromatic heterocycles. The van der Waals surface area contributed by atoms with E-state index in [0.29, 0.717) is 0 Å². The zero-order valence-corrected chi connectivity index (χ0v) is 7.68. The Kier molecular flexibility index (Phi) is 3.34. The highest BCUT2D eigenvalue weighted by Gasteiger charge is 2.12. The molecule has 1 heteroatoms. The first kappa shape index (κ1) is 7.33. The van der Waals surface area contributed by atoms with Gasteiger partial charge in [0.1, 0.15) is 0 Å². The van der Waals surface area contributed by atoms with Crippen LogP contribution in [0.4, 0.5) is 0 Å². The van der Waals surface area contributed by atoms with Crippen LogP contribution in [0.5, 0.6) is 0 Å². The topological polar surface area (TPSA) is 0 Å². The summed E-state index contributed by atoms with van der Waals surface area (Å²) < 4.78 is 0. The Morgan fingerprint density at radius 3 is 2.33 bits per heavy atom. The summed E-state index contributed by atoms with van der Waals surface area (Å²) in [6.45, 7) is 2.33. The largest absolute Gasteiger partial charge is 0.0657 e. The Morgan fingerprint density at radius 1 is 1.11 bits per heavy atom. The number of hydrogen-bond acceptors (Lipinski definition) is 0. The SMILES string of the molecule is CCC[SiH]1CCCCC1. The molecular formula is C8H18Si. The summed E-state index contributed by atoms with van der Waals surface area (Å²) in [6.07, 6.45) is 6.12. The molecule has 0 aromatic carbocycles. The average molecular weight is 142 g/mol. The quantitative estimate of drug-likeness (QED) is 0.520. The van der Waals surface area contributed by atoms with Crippen molar-refractivity contribution in [2.75, 3.05) is 0 Å². The summed E-state index contributed by atoms with van der Waals surface area (Å²) in [4.78, 5) is 0. The maximum Gasteiger partial charge on any atom is 0.0367 e. The lowest BCUT2D eigenvalue weighted by Gasteiger charge is -2.18. The monoisotopic (exact) mass is 142 g/mol. The summed E-state index contributed by atoms with van der Waals surface area (Å²) in [5.74, 6) is 0. The molecule has 0 bridgehead atoms. The van der Waals surface area contributed by atoms with Crippen LogP contribution >= 0.6 is 0 Å². The van der Waals surface area contributed by atoms with E-state index in [1.54, 1.807) is 31.0 Å². The molecule has 1 saturated heterocycles. The first-order chi connectivity index (χ1) is 4.43. The van der Waals surface area contributed by atoms with Crippen molar-refractivity contribution < 1.29 is 0 Å². The van der Waals surface area contributed by atoms with Gasteiger partial charge in [-0.25, -0.2) is 0 Å². The Morgan fingerprint density at radius 2 is 1.78 bits per heavy atom. The predicted octanol–water partition coefficient (Wildman–Crippen LogP) is 2.81. The van der Waals surface area contributed by atoms with Crippen LogP contribution < -0.4 is 0 Å². The predicted molar refractivity (Wildman–Crippen MR) is 45.7 cm³/mol. The van der Waals surface area contributed by atoms with Gasteiger partial charge in [0.15, 0.2) is 0 Å². The fourth-order valence-corrected chi connectivity index (χ4v) is 5.30. The second-order valence-electron chi connectivity index (χ2n) is 3.29. The molecule has 54 valence electrons. The van der Waals surface area contributed by atoms with Gasteiger partial charge in [-0.1, -0.05) is 50.7 Å². The highest BCUT2D eigenvalue weighted by atomic mass is 28.3. The van der Waals surface area contributed by atoms with Crippen LogP contribution in [0.1, 0.15) is 32.6 Å². The van der Waals surface area contributed by atoms with E-state index < -0.39 is 0 Å². The molecule has 0 saturated carbocycles. The Hall–Kier alpha value is 0.217. The lowest BCUT2D eigenvalue weighted by atomic mass is 10.3. The van der Waals surface area contributed by atoms with E-state index in [1.165, 1.54) is 12.8 Å². The molecular weight excluding hydrogens is 124 g/mol. The third-order valence-electron chi connectivity index (χ3n) is 2.42. The highest BCUT2D eigenvalue weighted by Crippen LogP contribution is 2.21. The summed E-state index contributed by atoms with van der Waals surface area (Å²) in [5.41, 5.74) is 0. The van der Waals surface area contributed by atoms with Gasteiger partial charge in [-0.3, -0.25) is 0 Å². The van der Waals surface area contributed by atoms with Crippen molar-refractivity contribution in [2.24, 2.45) is 0 Å². The van der Waals surface area contributed by atoms with E-state index >= 15 is 0 Å². The van der Waals surface area contributed by atoms with E-state index in [4.69, 9.17) is 0 Å². The Bertz CT molecular complexity index is 62.2. The molecule has 9 heavy (non-hydrogen) atoms. The van der Waals surface area contributed by atoms with Crippen LogP contribution in [0.15, 0.2) is 0 Å². The van der Waals surface area contributed by atoms with Crippen molar-refractivity contribution in [2.45, 2.75) is 50.7 Å². The fourth-order valence-electron chi connectivity index (χ4n) is 1.88. The minimum atomic E-state index is -0.126. The van der Waals surface area contributed by atoms with Crippen LogP contribution in [0.25, 0.3) is 0 Å². The second-order valence-corrected chi connectivity index (χ2v) is 6.76. The van der Waals surface area contributed by atoms with Gasteiger partial charge in [0.2, 0.25) is 0 Å². The van der Waals surface area contributed by atoms with Gasteiger partial charge < -0.3 is 0 Å². The van der Waals surface area contributed by atoms with Crippen LogP contribution in [-0.4, -0.2) is 8.80 Å². The van der Waals surface area contributed by atoms with Crippen LogP contribution in [0.3, 0.4) is 0 Å². The summed E-state index contributed by atoms with van der Waals surface area (Å²) in [6, 6.07) is 4.95. The van der Waals surface area contributed by atoms with E-state index in [-0.39, 0.29) is 8.80 Å². The summed E-state index contributed by atoms with van der Waals surface area (Å²) >= 11 is 0. The van der Waals surface area contributed by atoms with Crippen molar-refractivity contribution >= 4 is 8.80 Å². The molecule has 0 N–H and O–H groups in total. The Balaban J connectivity index is 2.08. The lowest BCUT2D eigenvalue weighted by molar-refractivity contribution is 0.717. The molecule has 0 atom stereocenters. The molecule has 1 rings (SSSR count). The smallest absolute Gasteiger partial charge is 0.0367 e. The standard InChI is InChI=1S/C8H18Si/c1-2-6-9-7-4-3-5-8-9/h9H,2-8H2,1H3. The average Bonchev–Trinajstić information content (AvgIpc) is 1.91. The van der Waals surface area contributed by atoms with Crippen molar-refractivity contribution in [1.29, 1.82) is 0 Å². The molecule has 0 aromatic rings. The Labute approximate surface area is 60.3 Å². The molecule has 0 amide bonds. The zero-order chi connectivity index (χ0) is 6.53. The second kappa shape index (κ2) is 4.10. The first-order valence-electron chi connectivity index (χ1n) is 4.43. The number of rotatable bonds is 2. The van der Waals surface area contributed by atoms with Crippen molar-refractivity contribution in [3.8, 4) is 0 Å². The van der Waals surface area contributed by atoms with Gasteiger partial charge in [0, 0.05) is 8.80 Å². The van der Waals surface area contributed by atoms with Crippen LogP contribution in [0, 0.1) is 0 Å². The fraction of sp³-hybridized carbons (Fsp3) is 1.00. The zero-order valence-electron chi connectivity index (χ0n) is 6.53. The van der Waals surface area contributed by atoms with E-state index in [9.17, 15) is 0 Å². The van der Waals surface area contributed by atoms with Crippen LogP contribution in [-0.2, 0) is 0 Å². The maximum atomic E-state index is 2.33. The minimum absolute atomic E-state index is 0.126. The van der Waals surface area contributed by atoms with E-state index in [2.05, 4.69) is 6.92 Å². The number of hydrogen-bond donors (Lipinski definition) is 0. The molecule has 1 fully saturated rings. The molecule has 0 spiro atoms. The van der Waals surface area contributed by atoms with Gasteiger partial charge in [0.25, 0.3) is 0 Å². The molecule has 0 unspecified atom stereocenters. The van der Waals surface area contributed by atoms with Gasteiger partial charge in [0.05, 0.1) is 0 Å². The normalized spacial score (nSPS) is 22.3. The van der Waals surface area contributed by atoms with E-state index in [1.807, 2.05) is 0 Å². The molecule has 0 radical (unpaired) electrons. The molecule has 0 aliphatic carbocycles. The van der Waals surface area contributed by atoms with E-state index in [0.717, 1.165) is 0 Å². The summed E-state index contributed by atoms with van der Waals surface area (Å²) in [7, 11) is -0.126. The third-order valence-corrected chi connectivity index (χ3v) is 6.27. The lowest BCUT2D eigenvalue weighted by Crippen LogP contribution is -2.14. The molecule has 1 aliphatic rings. The van der Waals surface area contributed by atoms with Gasteiger partial charge in [-0.15, -0.1) is 0 Å². The van der Waals surface area contributed by atoms with Crippen molar-refractivity contribution in [1.82, 2.24) is 0 Å². The first-order valence-corrected chi connectivity index (χ1v) is 6.88. The van der Waals surface area contributed by atoms with Crippen molar-refractivity contribution in [3.63, 3.8) is 0 Å². The van der Waals surface area contributed by atoms with Crippen LogP contribution in [0.2, 0.25) is 18.1 Å². The minimum Gasteiger partial charge on any atom is -0.0657 e. The van der Waals surface area contributed by atoms with Gasteiger partial charge in [-0.05, 0) is 0 Å². The maximum absolute atomic E-state index is 2.33.